The summed E-state index contributed by atoms with van der Waals surface area (Å²) in [6.45, 7) is 3.70. The van der Waals surface area contributed by atoms with E-state index in [1.807, 2.05) is 48.5 Å². The summed E-state index contributed by atoms with van der Waals surface area (Å²) in [5.74, 6) is -0.00113. The van der Waals surface area contributed by atoms with Crippen LogP contribution in [0.2, 0.25) is 0 Å². The van der Waals surface area contributed by atoms with Gasteiger partial charge >= 0.3 is 0 Å². The first-order valence-electron chi connectivity index (χ1n) is 8.28. The Morgan fingerprint density at radius 2 is 1.72 bits per heavy atom. The van der Waals surface area contributed by atoms with Crippen LogP contribution in [0.4, 0.5) is 5.69 Å². The molecule has 1 aliphatic rings. The van der Waals surface area contributed by atoms with Crippen molar-refractivity contribution in [1.82, 2.24) is 9.80 Å². The van der Waals surface area contributed by atoms with Crippen LogP contribution in [0.1, 0.15) is 11.6 Å². The predicted octanol–water partition coefficient (Wildman–Crippen LogP) is 4.14. The molecule has 1 saturated heterocycles. The van der Waals surface area contributed by atoms with Crippen molar-refractivity contribution in [3.8, 4) is 0 Å². The summed E-state index contributed by atoms with van der Waals surface area (Å²) >= 11 is 6.96. The minimum atomic E-state index is -0.287. The highest BCUT2D eigenvalue weighted by atomic mass is 79.9. The maximum atomic E-state index is 13.1. The molecule has 1 atom stereocenters. The number of likely N-dealkylation sites (N-methyl/N-ethyl adjacent to an activating group) is 1. The third-order valence-corrected chi connectivity index (χ3v) is 5.61. The lowest BCUT2D eigenvalue weighted by Gasteiger charge is -2.37. The number of nitrogens with zero attached hydrogens (tertiary/aromatic N) is 2. The number of rotatable bonds is 4. The molecule has 1 heterocycles. The number of carbonyl (C=O) groups excluding carboxylic acids is 1. The summed E-state index contributed by atoms with van der Waals surface area (Å²) < 4.78 is 1.83. The molecule has 1 fully saturated rings. The summed E-state index contributed by atoms with van der Waals surface area (Å²) in [5.41, 5.74) is 1.81. The lowest BCUT2D eigenvalue weighted by Crippen LogP contribution is -2.48. The molecule has 0 aromatic heterocycles. The van der Waals surface area contributed by atoms with Crippen LogP contribution in [0.15, 0.2) is 57.5 Å². The number of halogens is 2. The number of anilines is 1. The molecule has 0 bridgehead atoms. The van der Waals surface area contributed by atoms with Crippen molar-refractivity contribution >= 4 is 43.5 Å². The van der Waals surface area contributed by atoms with Crippen LogP contribution in [0.5, 0.6) is 0 Å². The summed E-state index contributed by atoms with van der Waals surface area (Å²) in [5, 5.41) is 3.08. The predicted molar refractivity (Wildman–Crippen MR) is 109 cm³/mol. The maximum Gasteiger partial charge on any atom is 0.246 e. The van der Waals surface area contributed by atoms with E-state index in [0.717, 1.165) is 46.4 Å². The Hall–Kier alpha value is -1.21. The fraction of sp³-hybridized carbons (Fsp3) is 0.316. The summed E-state index contributed by atoms with van der Waals surface area (Å²) in [6, 6.07) is 15.5. The van der Waals surface area contributed by atoms with Crippen molar-refractivity contribution in [2.45, 2.75) is 6.04 Å². The molecule has 0 aliphatic carbocycles. The van der Waals surface area contributed by atoms with Crippen LogP contribution in [0, 0.1) is 0 Å². The average molecular weight is 467 g/mol. The fourth-order valence-electron chi connectivity index (χ4n) is 3.04. The van der Waals surface area contributed by atoms with Gasteiger partial charge in [0.25, 0.3) is 0 Å². The first kappa shape index (κ1) is 18.6. The molecule has 4 nitrogen and oxygen atoms in total. The van der Waals surface area contributed by atoms with Gasteiger partial charge in [-0.05, 0) is 46.7 Å². The zero-order chi connectivity index (χ0) is 17.8. The number of benzene rings is 2. The zero-order valence-electron chi connectivity index (χ0n) is 14.1. The first-order valence-corrected chi connectivity index (χ1v) is 9.86. The highest BCUT2D eigenvalue weighted by Crippen LogP contribution is 2.29. The molecule has 1 N–H and O–H groups in total. The first-order chi connectivity index (χ1) is 12.0. The normalized spacial score (nSPS) is 17.2. The van der Waals surface area contributed by atoms with E-state index >= 15 is 0 Å². The van der Waals surface area contributed by atoms with Crippen molar-refractivity contribution in [2.75, 3.05) is 38.5 Å². The van der Waals surface area contributed by atoms with Gasteiger partial charge in [-0.1, -0.05) is 46.3 Å². The standard InChI is InChI=1S/C19H21Br2N3O/c1-23-9-11-24(12-10-23)18(14-5-3-2-4-6-14)19(25)22-17-8-7-15(20)13-16(17)21/h2-8,13,18H,9-12H2,1H3,(H,22,25). The Labute approximate surface area is 165 Å². The number of carbonyl (C=O) groups is 1. The van der Waals surface area contributed by atoms with Gasteiger partial charge in [-0.3, -0.25) is 9.69 Å². The molecule has 1 amide bonds. The number of amides is 1. The smallest absolute Gasteiger partial charge is 0.246 e. The maximum absolute atomic E-state index is 13.1. The van der Waals surface area contributed by atoms with Gasteiger partial charge in [0, 0.05) is 35.1 Å². The van der Waals surface area contributed by atoms with Crippen molar-refractivity contribution < 1.29 is 4.79 Å². The van der Waals surface area contributed by atoms with Crippen LogP contribution < -0.4 is 5.32 Å². The van der Waals surface area contributed by atoms with Crippen LogP contribution in [0.3, 0.4) is 0 Å². The molecule has 6 heteroatoms. The molecular formula is C19H21Br2N3O. The molecule has 2 aromatic rings. The number of piperazine rings is 1. The van der Waals surface area contributed by atoms with E-state index in [2.05, 4.69) is 54.0 Å². The van der Waals surface area contributed by atoms with E-state index in [1.165, 1.54) is 0 Å². The van der Waals surface area contributed by atoms with E-state index < -0.39 is 0 Å². The van der Waals surface area contributed by atoms with Gasteiger partial charge < -0.3 is 10.2 Å². The molecule has 25 heavy (non-hydrogen) atoms. The lowest BCUT2D eigenvalue weighted by atomic mass is 10.0. The van der Waals surface area contributed by atoms with E-state index in [-0.39, 0.29) is 11.9 Å². The van der Waals surface area contributed by atoms with Gasteiger partial charge in [0.2, 0.25) is 5.91 Å². The van der Waals surface area contributed by atoms with Gasteiger partial charge in [0.1, 0.15) is 6.04 Å². The molecule has 1 unspecified atom stereocenters. The highest BCUT2D eigenvalue weighted by molar-refractivity contribution is 9.11. The van der Waals surface area contributed by atoms with Crippen LogP contribution in [-0.4, -0.2) is 48.9 Å². The molecule has 0 spiro atoms. The van der Waals surface area contributed by atoms with Crippen molar-refractivity contribution in [1.29, 1.82) is 0 Å². The average Bonchev–Trinajstić information content (AvgIpc) is 2.60. The Morgan fingerprint density at radius 3 is 2.36 bits per heavy atom. The van der Waals surface area contributed by atoms with Crippen molar-refractivity contribution in [2.24, 2.45) is 0 Å². The zero-order valence-corrected chi connectivity index (χ0v) is 17.3. The largest absolute Gasteiger partial charge is 0.323 e. The lowest BCUT2D eigenvalue weighted by molar-refractivity contribution is -0.122. The molecule has 132 valence electrons. The van der Waals surface area contributed by atoms with E-state index in [9.17, 15) is 4.79 Å². The van der Waals surface area contributed by atoms with Crippen LogP contribution in [0.25, 0.3) is 0 Å². The van der Waals surface area contributed by atoms with Crippen LogP contribution in [-0.2, 0) is 4.79 Å². The van der Waals surface area contributed by atoms with E-state index in [4.69, 9.17) is 0 Å². The number of hydrogen-bond donors (Lipinski definition) is 1. The second-order valence-corrected chi connectivity index (χ2v) is 8.04. The van der Waals surface area contributed by atoms with Gasteiger partial charge in [0.05, 0.1) is 5.69 Å². The van der Waals surface area contributed by atoms with E-state index in [1.54, 1.807) is 0 Å². The molecular weight excluding hydrogens is 446 g/mol. The molecule has 1 aliphatic heterocycles. The molecule has 0 saturated carbocycles. The minimum Gasteiger partial charge on any atom is -0.323 e. The van der Waals surface area contributed by atoms with Crippen LogP contribution >= 0.6 is 31.9 Å². The van der Waals surface area contributed by atoms with Gasteiger partial charge in [0.15, 0.2) is 0 Å². The SMILES string of the molecule is CN1CCN(C(C(=O)Nc2ccc(Br)cc2Br)c2ccccc2)CC1. The highest BCUT2D eigenvalue weighted by Gasteiger charge is 2.30. The topological polar surface area (TPSA) is 35.6 Å². The Bertz CT molecular complexity index is 731. The quantitative estimate of drug-likeness (QED) is 0.735. The Morgan fingerprint density at radius 1 is 1.04 bits per heavy atom. The fourth-order valence-corrected chi connectivity index (χ4v) is 4.18. The molecule has 0 radical (unpaired) electrons. The summed E-state index contributed by atoms with van der Waals surface area (Å²) in [4.78, 5) is 17.7. The third kappa shape index (κ3) is 4.70. The molecule has 2 aromatic carbocycles. The van der Waals surface area contributed by atoms with Gasteiger partial charge in [-0.2, -0.15) is 0 Å². The van der Waals surface area contributed by atoms with Gasteiger partial charge in [-0.15, -0.1) is 0 Å². The van der Waals surface area contributed by atoms with Gasteiger partial charge in [-0.25, -0.2) is 0 Å². The molecule has 3 rings (SSSR count). The number of hydrogen-bond acceptors (Lipinski definition) is 3. The monoisotopic (exact) mass is 465 g/mol. The van der Waals surface area contributed by atoms with Crippen molar-refractivity contribution in [3.05, 3.63) is 63.0 Å². The second kappa shape index (κ2) is 8.45. The van der Waals surface area contributed by atoms with Crippen molar-refractivity contribution in [3.63, 3.8) is 0 Å². The number of nitrogens with one attached hydrogen (secondary N) is 1. The third-order valence-electron chi connectivity index (χ3n) is 4.46. The Kier molecular flexibility index (Phi) is 6.28. The Balaban J connectivity index is 1.84. The minimum absolute atomic E-state index is 0.00113. The summed E-state index contributed by atoms with van der Waals surface area (Å²) in [6.07, 6.45) is 0. The second-order valence-electron chi connectivity index (χ2n) is 6.27. The van der Waals surface area contributed by atoms with E-state index in [0.29, 0.717) is 0 Å². The summed E-state index contributed by atoms with van der Waals surface area (Å²) in [7, 11) is 2.12.